The van der Waals surface area contributed by atoms with Crippen LogP contribution in [0.3, 0.4) is 0 Å². The van der Waals surface area contributed by atoms with E-state index < -0.39 is 8.32 Å². The standard InChI is InChI=1S/C21H37N3O2Si/c1-15(2)19(20(25)23-16-11-9-8-10-12-16)22-13-17-18(24-17)14-26-27(6,7)21(3,4)5/h8-12,15,17-19,22,24H,13-14H2,1-7H3,(H,23,25)/t17-,18+,19?/m1/s1. The minimum atomic E-state index is -1.71. The molecule has 1 aliphatic heterocycles. The quantitative estimate of drug-likeness (QED) is 0.444. The van der Waals surface area contributed by atoms with Gasteiger partial charge in [0.2, 0.25) is 5.91 Å². The van der Waals surface area contributed by atoms with Gasteiger partial charge in [-0.05, 0) is 36.2 Å². The summed E-state index contributed by atoms with van der Waals surface area (Å²) in [5.41, 5.74) is 0.833. The van der Waals surface area contributed by atoms with Gasteiger partial charge in [-0.2, -0.15) is 0 Å². The highest BCUT2D eigenvalue weighted by Gasteiger charge is 2.42. The molecule has 3 atom stereocenters. The van der Waals surface area contributed by atoms with Gasteiger partial charge < -0.3 is 20.4 Å². The highest BCUT2D eigenvalue weighted by atomic mass is 28.4. The number of benzene rings is 1. The predicted molar refractivity (Wildman–Crippen MR) is 116 cm³/mol. The van der Waals surface area contributed by atoms with Crippen LogP contribution in [0.25, 0.3) is 0 Å². The molecule has 0 spiro atoms. The van der Waals surface area contributed by atoms with Crippen molar-refractivity contribution < 1.29 is 9.22 Å². The van der Waals surface area contributed by atoms with Crippen molar-refractivity contribution in [1.82, 2.24) is 10.6 Å². The van der Waals surface area contributed by atoms with Crippen molar-refractivity contribution in [2.24, 2.45) is 5.92 Å². The third-order valence-corrected chi connectivity index (χ3v) is 10.3. The molecule has 152 valence electrons. The fourth-order valence-electron chi connectivity index (χ4n) is 2.73. The van der Waals surface area contributed by atoms with Gasteiger partial charge in [0.25, 0.3) is 0 Å². The SMILES string of the molecule is CC(C)C(NC[C@H]1N[C@H]1CO[Si](C)(C)C(C)(C)C)C(=O)Nc1ccccc1. The number of hydrogen-bond acceptors (Lipinski definition) is 4. The maximum Gasteiger partial charge on any atom is 0.241 e. The second kappa shape index (κ2) is 8.86. The average Bonchev–Trinajstić information content (AvgIpc) is 3.31. The van der Waals surface area contributed by atoms with Crippen LogP contribution in [0.5, 0.6) is 0 Å². The molecule has 0 aromatic heterocycles. The first kappa shape index (κ1) is 22.1. The number of carbonyl (C=O) groups is 1. The van der Waals surface area contributed by atoms with E-state index in [4.69, 9.17) is 4.43 Å². The number of nitrogens with one attached hydrogen (secondary N) is 3. The van der Waals surface area contributed by atoms with Crippen molar-refractivity contribution in [2.45, 2.75) is 70.9 Å². The molecule has 2 rings (SSSR count). The van der Waals surface area contributed by atoms with Gasteiger partial charge in [0.05, 0.1) is 12.6 Å². The van der Waals surface area contributed by atoms with Gasteiger partial charge in [-0.25, -0.2) is 0 Å². The zero-order chi connectivity index (χ0) is 20.2. The minimum Gasteiger partial charge on any atom is -0.415 e. The molecule has 1 unspecified atom stereocenters. The molecular weight excluding hydrogens is 354 g/mol. The van der Waals surface area contributed by atoms with Crippen molar-refractivity contribution in [3.05, 3.63) is 30.3 Å². The molecule has 1 aromatic carbocycles. The average molecular weight is 392 g/mol. The largest absolute Gasteiger partial charge is 0.415 e. The second-order valence-electron chi connectivity index (χ2n) is 9.44. The van der Waals surface area contributed by atoms with Gasteiger partial charge in [-0.3, -0.25) is 4.79 Å². The van der Waals surface area contributed by atoms with Gasteiger partial charge in [-0.1, -0.05) is 52.8 Å². The topological polar surface area (TPSA) is 72.3 Å². The molecule has 5 nitrogen and oxygen atoms in total. The highest BCUT2D eigenvalue weighted by Crippen LogP contribution is 2.37. The monoisotopic (exact) mass is 391 g/mol. The molecule has 6 heteroatoms. The van der Waals surface area contributed by atoms with E-state index in [2.05, 4.69) is 63.7 Å². The number of para-hydroxylation sites is 1. The number of rotatable bonds is 9. The van der Waals surface area contributed by atoms with Crippen LogP contribution in [0, 0.1) is 5.92 Å². The summed E-state index contributed by atoms with van der Waals surface area (Å²) in [6, 6.07) is 10.2. The number of hydrogen-bond donors (Lipinski definition) is 3. The van der Waals surface area contributed by atoms with Gasteiger partial charge >= 0.3 is 0 Å². The summed E-state index contributed by atoms with van der Waals surface area (Å²) >= 11 is 0. The van der Waals surface area contributed by atoms with E-state index in [9.17, 15) is 4.79 Å². The Morgan fingerprint density at radius 1 is 1.19 bits per heavy atom. The van der Waals surface area contributed by atoms with Crippen molar-refractivity contribution >= 4 is 19.9 Å². The molecule has 1 aliphatic rings. The van der Waals surface area contributed by atoms with Crippen molar-refractivity contribution in [2.75, 3.05) is 18.5 Å². The van der Waals surface area contributed by atoms with Crippen LogP contribution in [0.2, 0.25) is 18.1 Å². The molecule has 3 N–H and O–H groups in total. The molecule has 0 aliphatic carbocycles. The highest BCUT2D eigenvalue weighted by molar-refractivity contribution is 6.74. The van der Waals surface area contributed by atoms with Crippen LogP contribution < -0.4 is 16.0 Å². The molecule has 1 saturated heterocycles. The molecule has 1 heterocycles. The first-order valence-electron chi connectivity index (χ1n) is 10.0. The maximum atomic E-state index is 12.6. The Morgan fingerprint density at radius 3 is 2.37 bits per heavy atom. The Hall–Kier alpha value is -1.21. The lowest BCUT2D eigenvalue weighted by Gasteiger charge is -2.36. The summed E-state index contributed by atoms with van der Waals surface area (Å²) in [6.45, 7) is 17.0. The van der Waals surface area contributed by atoms with Crippen molar-refractivity contribution in [3.8, 4) is 0 Å². The lowest BCUT2D eigenvalue weighted by atomic mass is 10.0. The van der Waals surface area contributed by atoms with Crippen LogP contribution in [-0.4, -0.2) is 45.5 Å². The van der Waals surface area contributed by atoms with E-state index in [1.165, 1.54) is 0 Å². The Balaban J connectivity index is 1.78. The lowest BCUT2D eigenvalue weighted by molar-refractivity contribution is -0.119. The van der Waals surface area contributed by atoms with Gasteiger partial charge in [0.15, 0.2) is 8.32 Å². The summed E-state index contributed by atoms with van der Waals surface area (Å²) in [5, 5.41) is 10.1. The van der Waals surface area contributed by atoms with Gasteiger partial charge in [-0.15, -0.1) is 0 Å². The van der Waals surface area contributed by atoms with Crippen LogP contribution in [-0.2, 0) is 9.22 Å². The third-order valence-electron chi connectivity index (χ3n) is 5.78. The van der Waals surface area contributed by atoms with Crippen LogP contribution in [0.1, 0.15) is 34.6 Å². The molecular formula is C21H37N3O2Si. The maximum absolute atomic E-state index is 12.6. The summed E-state index contributed by atoms with van der Waals surface area (Å²) < 4.78 is 6.30. The first-order chi connectivity index (χ1) is 12.5. The van der Waals surface area contributed by atoms with E-state index in [0.29, 0.717) is 12.1 Å². The summed E-state index contributed by atoms with van der Waals surface area (Å²) in [7, 11) is -1.71. The zero-order valence-corrected chi connectivity index (χ0v) is 18.9. The third kappa shape index (κ3) is 6.42. The molecule has 27 heavy (non-hydrogen) atoms. The van der Waals surface area contributed by atoms with Crippen LogP contribution >= 0.6 is 0 Å². The Morgan fingerprint density at radius 2 is 1.81 bits per heavy atom. The minimum absolute atomic E-state index is 0.0194. The van der Waals surface area contributed by atoms with E-state index in [-0.39, 0.29) is 22.9 Å². The smallest absolute Gasteiger partial charge is 0.241 e. The van der Waals surface area contributed by atoms with Crippen LogP contribution in [0.15, 0.2) is 30.3 Å². The molecule has 1 amide bonds. The second-order valence-corrected chi connectivity index (χ2v) is 14.2. The molecule has 1 fully saturated rings. The fraction of sp³-hybridized carbons (Fsp3) is 0.667. The van der Waals surface area contributed by atoms with Gasteiger partial charge in [0.1, 0.15) is 0 Å². The normalized spacial score (nSPS) is 21.2. The molecule has 0 radical (unpaired) electrons. The predicted octanol–water partition coefficient (Wildman–Crippen LogP) is 3.60. The van der Waals surface area contributed by atoms with Gasteiger partial charge in [0, 0.05) is 24.3 Å². The van der Waals surface area contributed by atoms with Crippen molar-refractivity contribution in [1.29, 1.82) is 0 Å². The summed E-state index contributed by atoms with van der Waals surface area (Å²) in [4.78, 5) is 12.6. The molecule has 1 aromatic rings. The Kier molecular flexibility index (Phi) is 7.25. The van der Waals surface area contributed by atoms with Crippen molar-refractivity contribution in [3.63, 3.8) is 0 Å². The Bertz CT molecular complexity index is 614. The Labute approximate surface area is 165 Å². The number of anilines is 1. The van der Waals surface area contributed by atoms with E-state index in [1.807, 2.05) is 30.3 Å². The lowest BCUT2D eigenvalue weighted by Crippen LogP contribution is -2.46. The van der Waals surface area contributed by atoms with E-state index in [1.54, 1.807) is 0 Å². The summed E-state index contributed by atoms with van der Waals surface area (Å²) in [5.74, 6) is 0.236. The molecule has 0 saturated carbocycles. The molecule has 0 bridgehead atoms. The first-order valence-corrected chi connectivity index (χ1v) is 12.9. The number of carbonyl (C=O) groups excluding carboxylic acids is 1. The van der Waals surface area contributed by atoms with E-state index >= 15 is 0 Å². The summed E-state index contributed by atoms with van der Waals surface area (Å²) in [6.07, 6.45) is 0. The van der Waals surface area contributed by atoms with Crippen LogP contribution in [0.4, 0.5) is 5.69 Å². The number of amides is 1. The zero-order valence-electron chi connectivity index (χ0n) is 17.9. The fourth-order valence-corrected chi connectivity index (χ4v) is 3.76. The van der Waals surface area contributed by atoms with E-state index in [0.717, 1.165) is 18.8 Å².